The number of phosphoric acid groups is 1. The number of hydrogen-bond acceptors (Lipinski definition) is 5. The van der Waals surface area contributed by atoms with Crippen LogP contribution in [0.15, 0.2) is 30.3 Å². The molecular formula is C29H53O6P. The van der Waals surface area contributed by atoms with Gasteiger partial charge in [-0.25, -0.2) is 4.57 Å². The summed E-state index contributed by atoms with van der Waals surface area (Å²) < 4.78 is 32.8. The van der Waals surface area contributed by atoms with Crippen molar-refractivity contribution in [3.63, 3.8) is 0 Å². The van der Waals surface area contributed by atoms with Crippen molar-refractivity contribution in [2.75, 3.05) is 26.9 Å². The summed E-state index contributed by atoms with van der Waals surface area (Å²) in [6.45, 7) is 3.57. The van der Waals surface area contributed by atoms with Crippen LogP contribution in [-0.4, -0.2) is 37.9 Å². The molecule has 0 aliphatic rings. The summed E-state index contributed by atoms with van der Waals surface area (Å²) in [6.07, 6.45) is 21.0. The molecule has 0 saturated carbocycles. The molecule has 0 aliphatic heterocycles. The van der Waals surface area contributed by atoms with Gasteiger partial charge in [-0.15, -0.1) is 0 Å². The number of unbranched alkanes of at least 4 members (excludes halogenated alkanes) is 15. The van der Waals surface area contributed by atoms with E-state index in [-0.39, 0.29) is 6.61 Å². The van der Waals surface area contributed by atoms with Crippen LogP contribution in [0.3, 0.4) is 0 Å². The maximum Gasteiger partial charge on any atom is 0.472 e. The summed E-state index contributed by atoms with van der Waals surface area (Å²) in [5, 5.41) is 0. The van der Waals surface area contributed by atoms with Gasteiger partial charge in [0.05, 0.1) is 19.8 Å². The van der Waals surface area contributed by atoms with Gasteiger partial charge in [-0.2, -0.15) is 0 Å². The standard InChI is InChI=1S/C29H53O6P/c1-3-4-5-6-7-8-9-10-11-12-13-14-15-16-17-21-24-33-26-29(27-35-36(30,31)32-2)34-25-28-22-19-18-20-23-28/h18-20,22-23,29H,3-17,21,24-27H2,1-2H3,(H,30,31)/t29-/m1/s1. The molecule has 0 heterocycles. The van der Waals surface area contributed by atoms with Crippen molar-refractivity contribution in [3.8, 4) is 0 Å². The van der Waals surface area contributed by atoms with E-state index in [1.54, 1.807) is 0 Å². The molecular weight excluding hydrogens is 475 g/mol. The molecule has 1 rings (SSSR count). The molecule has 0 aliphatic carbocycles. The summed E-state index contributed by atoms with van der Waals surface area (Å²) in [5.74, 6) is 0. The van der Waals surface area contributed by atoms with Crippen LogP contribution in [0, 0.1) is 0 Å². The average Bonchev–Trinajstić information content (AvgIpc) is 2.89. The first-order chi connectivity index (χ1) is 17.6. The molecule has 0 aromatic heterocycles. The smallest absolute Gasteiger partial charge is 0.379 e. The van der Waals surface area contributed by atoms with Gasteiger partial charge in [0.1, 0.15) is 6.10 Å². The highest BCUT2D eigenvalue weighted by Gasteiger charge is 2.22. The van der Waals surface area contributed by atoms with Crippen LogP contribution >= 0.6 is 7.82 Å². The van der Waals surface area contributed by atoms with Gasteiger partial charge in [0.25, 0.3) is 0 Å². The number of rotatable bonds is 26. The van der Waals surface area contributed by atoms with Gasteiger partial charge >= 0.3 is 7.82 Å². The molecule has 1 unspecified atom stereocenters. The van der Waals surface area contributed by atoms with Gasteiger partial charge in [0, 0.05) is 13.7 Å². The highest BCUT2D eigenvalue weighted by molar-refractivity contribution is 7.47. The third-order valence-corrected chi connectivity index (χ3v) is 7.37. The Labute approximate surface area is 221 Å². The summed E-state index contributed by atoms with van der Waals surface area (Å²) >= 11 is 0. The van der Waals surface area contributed by atoms with Crippen molar-refractivity contribution in [2.24, 2.45) is 0 Å². The Kier molecular flexibility index (Phi) is 21.6. The van der Waals surface area contributed by atoms with Crippen LogP contribution in [0.5, 0.6) is 0 Å². The van der Waals surface area contributed by atoms with Gasteiger partial charge in [-0.1, -0.05) is 134 Å². The summed E-state index contributed by atoms with van der Waals surface area (Å²) in [5.41, 5.74) is 1.03. The predicted octanol–water partition coefficient (Wildman–Crippen LogP) is 8.61. The summed E-state index contributed by atoms with van der Waals surface area (Å²) in [6, 6.07) is 9.80. The van der Waals surface area contributed by atoms with Crippen molar-refractivity contribution in [2.45, 2.75) is 122 Å². The Balaban J connectivity index is 2.00. The third kappa shape index (κ3) is 20.3. The SMILES string of the molecule is CCCCCCCCCCCCCCCCCCOC[C@H](COP(=O)(O)OC)OCc1ccccc1. The van der Waals surface area contributed by atoms with Crippen LogP contribution in [0.1, 0.15) is 115 Å². The molecule has 7 heteroatoms. The number of phosphoric ester groups is 1. The van der Waals surface area contributed by atoms with Crippen molar-refractivity contribution < 1.29 is 28.0 Å². The Morgan fingerprint density at radius 1 is 0.750 bits per heavy atom. The van der Waals surface area contributed by atoms with E-state index in [9.17, 15) is 9.46 Å². The Morgan fingerprint density at radius 2 is 1.25 bits per heavy atom. The topological polar surface area (TPSA) is 74.2 Å². The zero-order valence-corrected chi connectivity index (χ0v) is 23.9. The highest BCUT2D eigenvalue weighted by atomic mass is 31.2. The molecule has 1 aromatic carbocycles. The van der Waals surface area contributed by atoms with Crippen molar-refractivity contribution in [1.82, 2.24) is 0 Å². The number of ether oxygens (including phenoxy) is 2. The molecule has 1 aromatic rings. The fourth-order valence-electron chi connectivity index (χ4n) is 4.13. The second kappa shape index (κ2) is 23.4. The molecule has 0 bridgehead atoms. The third-order valence-electron chi connectivity index (χ3n) is 6.43. The van der Waals surface area contributed by atoms with E-state index in [4.69, 9.17) is 14.0 Å². The predicted molar refractivity (Wildman–Crippen MR) is 148 cm³/mol. The highest BCUT2D eigenvalue weighted by Crippen LogP contribution is 2.42. The van der Waals surface area contributed by atoms with Gasteiger partial charge in [0.15, 0.2) is 0 Å². The second-order valence-electron chi connectivity index (χ2n) is 9.74. The first-order valence-corrected chi connectivity index (χ1v) is 15.8. The lowest BCUT2D eigenvalue weighted by Crippen LogP contribution is -2.25. The lowest BCUT2D eigenvalue weighted by atomic mass is 10.0. The van der Waals surface area contributed by atoms with Crippen molar-refractivity contribution in [1.29, 1.82) is 0 Å². The lowest BCUT2D eigenvalue weighted by molar-refractivity contribution is -0.0500. The maximum absolute atomic E-state index is 11.6. The quantitative estimate of drug-likeness (QED) is 0.0958. The van der Waals surface area contributed by atoms with E-state index in [1.165, 1.54) is 96.3 Å². The van der Waals surface area contributed by atoms with E-state index in [2.05, 4.69) is 11.4 Å². The maximum atomic E-state index is 11.6. The van der Waals surface area contributed by atoms with Crippen LogP contribution in [-0.2, 0) is 29.7 Å². The van der Waals surface area contributed by atoms with Crippen LogP contribution in [0.25, 0.3) is 0 Å². The molecule has 0 radical (unpaired) electrons. The Bertz CT molecular complexity index is 642. The van der Waals surface area contributed by atoms with E-state index in [0.29, 0.717) is 19.8 Å². The van der Waals surface area contributed by atoms with Gasteiger partial charge in [0.2, 0.25) is 0 Å². The molecule has 2 atom stereocenters. The zero-order chi connectivity index (χ0) is 26.2. The minimum atomic E-state index is -4.04. The molecule has 36 heavy (non-hydrogen) atoms. The number of hydrogen-bond donors (Lipinski definition) is 1. The largest absolute Gasteiger partial charge is 0.472 e. The first-order valence-electron chi connectivity index (χ1n) is 14.3. The fraction of sp³-hybridized carbons (Fsp3) is 0.793. The molecule has 1 N–H and O–H groups in total. The Morgan fingerprint density at radius 3 is 1.75 bits per heavy atom. The molecule has 0 fully saturated rings. The monoisotopic (exact) mass is 528 g/mol. The van der Waals surface area contributed by atoms with E-state index in [0.717, 1.165) is 19.1 Å². The van der Waals surface area contributed by atoms with E-state index < -0.39 is 13.9 Å². The molecule has 0 amide bonds. The first kappa shape index (κ1) is 33.3. The summed E-state index contributed by atoms with van der Waals surface area (Å²) in [7, 11) is -2.89. The lowest BCUT2D eigenvalue weighted by Gasteiger charge is -2.19. The van der Waals surface area contributed by atoms with Crippen molar-refractivity contribution in [3.05, 3.63) is 35.9 Å². The van der Waals surface area contributed by atoms with E-state index >= 15 is 0 Å². The molecule has 0 saturated heterocycles. The minimum absolute atomic E-state index is 0.0621. The minimum Gasteiger partial charge on any atom is -0.379 e. The van der Waals surface area contributed by atoms with Crippen LogP contribution in [0.2, 0.25) is 0 Å². The molecule has 0 spiro atoms. The van der Waals surface area contributed by atoms with Gasteiger partial charge in [-0.3, -0.25) is 9.05 Å². The molecule has 6 nitrogen and oxygen atoms in total. The zero-order valence-electron chi connectivity index (χ0n) is 23.0. The second-order valence-corrected chi connectivity index (χ2v) is 11.3. The van der Waals surface area contributed by atoms with Crippen LogP contribution in [0.4, 0.5) is 0 Å². The van der Waals surface area contributed by atoms with Gasteiger partial charge < -0.3 is 14.4 Å². The summed E-state index contributed by atoms with van der Waals surface area (Å²) in [4.78, 5) is 9.50. The van der Waals surface area contributed by atoms with E-state index in [1.807, 2.05) is 30.3 Å². The van der Waals surface area contributed by atoms with Crippen LogP contribution < -0.4 is 0 Å². The fourth-order valence-corrected chi connectivity index (χ4v) is 4.59. The van der Waals surface area contributed by atoms with Crippen molar-refractivity contribution >= 4 is 7.82 Å². The van der Waals surface area contributed by atoms with Gasteiger partial charge in [-0.05, 0) is 12.0 Å². The average molecular weight is 529 g/mol. The normalized spacial score (nSPS) is 14.1. The number of benzene rings is 1. The molecule has 210 valence electrons. The Hall–Kier alpha value is -0.750.